The van der Waals surface area contributed by atoms with E-state index in [-0.39, 0.29) is 5.82 Å². The van der Waals surface area contributed by atoms with E-state index < -0.39 is 0 Å². The second-order valence-electron chi connectivity index (χ2n) is 4.42. The van der Waals surface area contributed by atoms with Gasteiger partial charge in [-0.1, -0.05) is 0 Å². The third-order valence-electron chi connectivity index (χ3n) is 3.09. The van der Waals surface area contributed by atoms with Crippen LogP contribution in [0.1, 0.15) is 5.56 Å². The quantitative estimate of drug-likeness (QED) is 0.764. The van der Waals surface area contributed by atoms with Crippen molar-refractivity contribution in [2.75, 3.05) is 39.0 Å². The Kier molecular flexibility index (Phi) is 3.41. The van der Waals surface area contributed by atoms with Crippen LogP contribution < -0.4 is 5.73 Å². The molecule has 0 bridgehead atoms. The molecule has 2 N–H and O–H groups in total. The molecule has 2 rings (SSSR count). The number of piperazine rings is 1. The van der Waals surface area contributed by atoms with Crippen molar-refractivity contribution in [2.24, 2.45) is 0 Å². The second-order valence-corrected chi connectivity index (χ2v) is 4.42. The van der Waals surface area contributed by atoms with Gasteiger partial charge in [0, 0.05) is 38.4 Å². The molecule has 1 aliphatic heterocycles. The molecule has 0 amide bonds. The number of nitrogens with two attached hydrogens (primary N) is 1. The SMILES string of the molecule is CN1CCN(Cc2cc(F)ccc2N)CC1. The van der Waals surface area contributed by atoms with Crippen LogP contribution >= 0.6 is 0 Å². The van der Waals surface area contributed by atoms with Crippen LogP contribution in [0.25, 0.3) is 0 Å². The summed E-state index contributed by atoms with van der Waals surface area (Å²) in [5.41, 5.74) is 7.40. The van der Waals surface area contributed by atoms with Crippen LogP contribution in [0.2, 0.25) is 0 Å². The Morgan fingerprint density at radius 1 is 1.25 bits per heavy atom. The Balaban J connectivity index is 2.00. The molecule has 1 aromatic carbocycles. The van der Waals surface area contributed by atoms with E-state index in [1.165, 1.54) is 12.1 Å². The molecule has 0 saturated carbocycles. The highest BCUT2D eigenvalue weighted by atomic mass is 19.1. The van der Waals surface area contributed by atoms with Gasteiger partial charge in [0.2, 0.25) is 0 Å². The maximum atomic E-state index is 13.1. The maximum Gasteiger partial charge on any atom is 0.123 e. The van der Waals surface area contributed by atoms with Gasteiger partial charge >= 0.3 is 0 Å². The smallest absolute Gasteiger partial charge is 0.123 e. The lowest BCUT2D eigenvalue weighted by atomic mass is 10.1. The number of benzene rings is 1. The molecule has 88 valence electrons. The molecule has 0 aromatic heterocycles. The standard InChI is InChI=1S/C12H18FN3/c1-15-4-6-16(7-5-15)9-10-8-11(13)2-3-12(10)14/h2-3,8H,4-7,9,14H2,1H3. The fraction of sp³-hybridized carbons (Fsp3) is 0.500. The van der Waals surface area contributed by atoms with Gasteiger partial charge in [0.05, 0.1) is 0 Å². The Hall–Kier alpha value is -1.13. The van der Waals surface area contributed by atoms with Gasteiger partial charge in [-0.25, -0.2) is 4.39 Å². The van der Waals surface area contributed by atoms with Crippen LogP contribution in [0, 0.1) is 5.82 Å². The van der Waals surface area contributed by atoms with Crippen LogP contribution in [0.3, 0.4) is 0 Å². The first-order valence-corrected chi connectivity index (χ1v) is 5.60. The third kappa shape index (κ3) is 2.71. The number of anilines is 1. The minimum atomic E-state index is -0.210. The zero-order valence-corrected chi connectivity index (χ0v) is 9.62. The van der Waals surface area contributed by atoms with Gasteiger partial charge in [0.25, 0.3) is 0 Å². The molecule has 0 unspecified atom stereocenters. The molecule has 1 aromatic rings. The predicted octanol–water partition coefficient (Wildman–Crippen LogP) is 1.16. The fourth-order valence-corrected chi connectivity index (χ4v) is 1.96. The Bertz CT molecular complexity index is 359. The Morgan fingerprint density at radius 2 is 1.94 bits per heavy atom. The minimum absolute atomic E-state index is 0.210. The summed E-state index contributed by atoms with van der Waals surface area (Å²) in [6.45, 7) is 4.92. The summed E-state index contributed by atoms with van der Waals surface area (Å²) in [4.78, 5) is 4.61. The topological polar surface area (TPSA) is 32.5 Å². The summed E-state index contributed by atoms with van der Waals surface area (Å²) in [5.74, 6) is -0.210. The van der Waals surface area contributed by atoms with Crippen LogP contribution in [0.4, 0.5) is 10.1 Å². The molecular formula is C12H18FN3. The van der Waals surface area contributed by atoms with Crippen LogP contribution in [0.5, 0.6) is 0 Å². The number of halogens is 1. The van der Waals surface area contributed by atoms with Gasteiger partial charge in [0.1, 0.15) is 5.82 Å². The third-order valence-corrected chi connectivity index (χ3v) is 3.09. The van der Waals surface area contributed by atoms with Crippen molar-refractivity contribution in [3.8, 4) is 0 Å². The molecule has 0 aliphatic carbocycles. The lowest BCUT2D eigenvalue weighted by Gasteiger charge is -2.32. The first-order valence-electron chi connectivity index (χ1n) is 5.60. The van der Waals surface area contributed by atoms with Gasteiger partial charge in [-0.05, 0) is 30.8 Å². The van der Waals surface area contributed by atoms with Crippen molar-refractivity contribution in [3.63, 3.8) is 0 Å². The van der Waals surface area contributed by atoms with E-state index in [2.05, 4.69) is 16.8 Å². The van der Waals surface area contributed by atoms with E-state index in [1.54, 1.807) is 6.07 Å². The van der Waals surface area contributed by atoms with Gasteiger partial charge in [-0.2, -0.15) is 0 Å². The molecule has 1 saturated heterocycles. The summed E-state index contributed by atoms with van der Waals surface area (Å²) >= 11 is 0. The average molecular weight is 223 g/mol. The molecule has 1 fully saturated rings. The average Bonchev–Trinajstić information content (AvgIpc) is 2.27. The highest BCUT2D eigenvalue weighted by Crippen LogP contribution is 2.16. The predicted molar refractivity (Wildman–Crippen MR) is 63.6 cm³/mol. The molecule has 0 spiro atoms. The van der Waals surface area contributed by atoms with Gasteiger partial charge in [-0.3, -0.25) is 4.90 Å². The summed E-state index contributed by atoms with van der Waals surface area (Å²) in [7, 11) is 2.12. The summed E-state index contributed by atoms with van der Waals surface area (Å²) in [6, 6.07) is 4.58. The van der Waals surface area contributed by atoms with Crippen molar-refractivity contribution in [1.82, 2.24) is 9.80 Å². The summed E-state index contributed by atoms with van der Waals surface area (Å²) in [6.07, 6.45) is 0. The highest BCUT2D eigenvalue weighted by Gasteiger charge is 2.14. The van der Waals surface area contributed by atoms with E-state index in [0.717, 1.165) is 38.3 Å². The lowest BCUT2D eigenvalue weighted by molar-refractivity contribution is 0.148. The van der Waals surface area contributed by atoms with Gasteiger partial charge in [-0.15, -0.1) is 0 Å². The van der Waals surface area contributed by atoms with Gasteiger partial charge in [0.15, 0.2) is 0 Å². The summed E-state index contributed by atoms with van der Waals surface area (Å²) in [5, 5.41) is 0. The normalized spacial score (nSPS) is 18.9. The van der Waals surface area contributed by atoms with E-state index in [9.17, 15) is 4.39 Å². The molecule has 1 aliphatic rings. The lowest BCUT2D eigenvalue weighted by Crippen LogP contribution is -2.43. The first kappa shape index (κ1) is 11.4. The van der Waals surface area contributed by atoms with Crippen molar-refractivity contribution < 1.29 is 4.39 Å². The maximum absolute atomic E-state index is 13.1. The number of hydrogen-bond donors (Lipinski definition) is 1. The van der Waals surface area contributed by atoms with Crippen molar-refractivity contribution >= 4 is 5.69 Å². The van der Waals surface area contributed by atoms with Crippen molar-refractivity contribution in [1.29, 1.82) is 0 Å². The van der Waals surface area contributed by atoms with Crippen LogP contribution in [0.15, 0.2) is 18.2 Å². The highest BCUT2D eigenvalue weighted by molar-refractivity contribution is 5.46. The molecule has 16 heavy (non-hydrogen) atoms. The number of likely N-dealkylation sites (N-methyl/N-ethyl adjacent to an activating group) is 1. The number of rotatable bonds is 2. The molecule has 0 radical (unpaired) electrons. The van der Waals surface area contributed by atoms with E-state index in [4.69, 9.17) is 5.73 Å². The van der Waals surface area contributed by atoms with Gasteiger partial charge < -0.3 is 10.6 Å². The first-order chi connectivity index (χ1) is 7.65. The Morgan fingerprint density at radius 3 is 2.62 bits per heavy atom. The molecule has 1 heterocycles. The zero-order valence-electron chi connectivity index (χ0n) is 9.62. The van der Waals surface area contributed by atoms with Crippen molar-refractivity contribution in [2.45, 2.75) is 6.54 Å². The number of hydrogen-bond acceptors (Lipinski definition) is 3. The molecule has 0 atom stereocenters. The number of nitrogen functional groups attached to an aromatic ring is 1. The molecular weight excluding hydrogens is 205 g/mol. The minimum Gasteiger partial charge on any atom is -0.398 e. The second kappa shape index (κ2) is 4.80. The van der Waals surface area contributed by atoms with Crippen LogP contribution in [-0.2, 0) is 6.54 Å². The van der Waals surface area contributed by atoms with E-state index in [1.807, 2.05) is 0 Å². The largest absolute Gasteiger partial charge is 0.398 e. The van der Waals surface area contributed by atoms with Crippen molar-refractivity contribution in [3.05, 3.63) is 29.6 Å². The van der Waals surface area contributed by atoms with E-state index >= 15 is 0 Å². The van der Waals surface area contributed by atoms with E-state index in [0.29, 0.717) is 5.69 Å². The number of nitrogens with zero attached hydrogens (tertiary/aromatic N) is 2. The Labute approximate surface area is 95.6 Å². The monoisotopic (exact) mass is 223 g/mol. The molecule has 3 nitrogen and oxygen atoms in total. The summed E-state index contributed by atoms with van der Waals surface area (Å²) < 4.78 is 13.1. The fourth-order valence-electron chi connectivity index (χ4n) is 1.96. The molecule has 4 heteroatoms. The zero-order chi connectivity index (χ0) is 11.5. The van der Waals surface area contributed by atoms with Crippen LogP contribution in [-0.4, -0.2) is 43.0 Å².